The number of aromatic nitrogens is 2. The molecule has 2 aromatic rings. The van der Waals surface area contributed by atoms with Gasteiger partial charge in [-0.2, -0.15) is 18.2 Å². The molecule has 0 fully saturated rings. The van der Waals surface area contributed by atoms with Crippen LogP contribution in [0, 0.1) is 12.7 Å². The molecule has 1 aromatic heterocycles. The summed E-state index contributed by atoms with van der Waals surface area (Å²) >= 11 is 0. The number of hydrogen-bond acceptors (Lipinski definition) is 4. The SMILES string of the molecule is Cc1cc(F)ccc1Nc1cc(C(F)(F)F)nc(N)n1. The first kappa shape index (κ1) is 14.0. The van der Waals surface area contributed by atoms with E-state index >= 15 is 0 Å². The molecule has 0 spiro atoms. The van der Waals surface area contributed by atoms with Crippen LogP contribution in [0.15, 0.2) is 24.3 Å². The lowest BCUT2D eigenvalue weighted by molar-refractivity contribution is -0.141. The fourth-order valence-electron chi connectivity index (χ4n) is 1.58. The van der Waals surface area contributed by atoms with Gasteiger partial charge in [0.2, 0.25) is 5.95 Å². The minimum atomic E-state index is -4.62. The van der Waals surface area contributed by atoms with Gasteiger partial charge in [0, 0.05) is 11.8 Å². The van der Waals surface area contributed by atoms with E-state index in [0.717, 1.165) is 6.07 Å². The summed E-state index contributed by atoms with van der Waals surface area (Å²) in [5, 5.41) is 2.65. The average molecular weight is 286 g/mol. The quantitative estimate of drug-likeness (QED) is 0.832. The second-order valence-corrected chi connectivity index (χ2v) is 4.08. The van der Waals surface area contributed by atoms with Crippen molar-refractivity contribution in [1.82, 2.24) is 9.97 Å². The second kappa shape index (κ2) is 4.95. The summed E-state index contributed by atoms with van der Waals surface area (Å²) in [5.41, 5.74) is 5.06. The van der Waals surface area contributed by atoms with Crippen molar-refractivity contribution in [3.63, 3.8) is 0 Å². The summed E-state index contributed by atoms with van der Waals surface area (Å²) in [6.07, 6.45) is -4.62. The largest absolute Gasteiger partial charge is 0.433 e. The van der Waals surface area contributed by atoms with Gasteiger partial charge in [-0.15, -0.1) is 0 Å². The van der Waals surface area contributed by atoms with Crippen LogP contribution in [0.25, 0.3) is 0 Å². The van der Waals surface area contributed by atoms with Crippen molar-refractivity contribution >= 4 is 17.5 Å². The van der Waals surface area contributed by atoms with Crippen molar-refractivity contribution in [3.05, 3.63) is 41.3 Å². The molecular formula is C12H10F4N4. The molecule has 0 atom stereocenters. The van der Waals surface area contributed by atoms with Crippen molar-refractivity contribution in [1.29, 1.82) is 0 Å². The molecule has 1 heterocycles. The summed E-state index contributed by atoms with van der Waals surface area (Å²) in [5.74, 6) is -1.05. The fourth-order valence-corrected chi connectivity index (χ4v) is 1.58. The van der Waals surface area contributed by atoms with E-state index in [9.17, 15) is 17.6 Å². The average Bonchev–Trinajstić information content (AvgIpc) is 2.31. The third kappa shape index (κ3) is 3.14. The van der Waals surface area contributed by atoms with E-state index in [1.54, 1.807) is 6.92 Å². The zero-order valence-corrected chi connectivity index (χ0v) is 10.3. The molecule has 8 heteroatoms. The van der Waals surface area contributed by atoms with Gasteiger partial charge < -0.3 is 11.1 Å². The number of halogens is 4. The van der Waals surface area contributed by atoms with Crippen LogP contribution in [0.4, 0.5) is 35.0 Å². The Labute approximate surface area is 111 Å². The summed E-state index contributed by atoms with van der Waals surface area (Å²) in [6, 6.07) is 4.57. The molecular weight excluding hydrogens is 276 g/mol. The molecule has 0 unspecified atom stereocenters. The lowest BCUT2D eigenvalue weighted by atomic mass is 10.2. The van der Waals surface area contributed by atoms with Crippen LogP contribution in [0.3, 0.4) is 0 Å². The standard InChI is InChI=1S/C12H10F4N4/c1-6-4-7(13)2-3-8(6)18-10-5-9(12(14,15)16)19-11(17)20-10/h2-5H,1H3,(H3,17,18,19,20). The van der Waals surface area contributed by atoms with E-state index in [0.29, 0.717) is 11.3 Å². The molecule has 0 saturated heterocycles. The Bertz CT molecular complexity index is 640. The van der Waals surface area contributed by atoms with Gasteiger partial charge in [-0.1, -0.05) is 0 Å². The van der Waals surface area contributed by atoms with E-state index in [1.807, 2.05) is 0 Å². The second-order valence-electron chi connectivity index (χ2n) is 4.08. The number of aryl methyl sites for hydroxylation is 1. The Morgan fingerprint density at radius 2 is 1.85 bits per heavy atom. The zero-order chi connectivity index (χ0) is 14.9. The van der Waals surface area contributed by atoms with E-state index in [-0.39, 0.29) is 5.82 Å². The van der Waals surface area contributed by atoms with Gasteiger partial charge >= 0.3 is 6.18 Å². The van der Waals surface area contributed by atoms with E-state index < -0.39 is 23.6 Å². The highest BCUT2D eigenvalue weighted by atomic mass is 19.4. The Kier molecular flexibility index (Phi) is 3.47. The molecule has 2 rings (SSSR count). The van der Waals surface area contributed by atoms with Crippen LogP contribution in [-0.4, -0.2) is 9.97 Å². The lowest BCUT2D eigenvalue weighted by Gasteiger charge is -2.11. The number of nitrogens with one attached hydrogen (secondary N) is 1. The number of rotatable bonds is 2. The van der Waals surface area contributed by atoms with E-state index in [4.69, 9.17) is 5.73 Å². The summed E-state index contributed by atoms with van der Waals surface area (Å²) in [6.45, 7) is 1.61. The first-order chi connectivity index (χ1) is 9.25. The molecule has 0 amide bonds. The maximum atomic E-state index is 12.9. The van der Waals surface area contributed by atoms with E-state index in [1.165, 1.54) is 18.2 Å². The number of hydrogen-bond donors (Lipinski definition) is 2. The molecule has 0 bridgehead atoms. The molecule has 0 radical (unpaired) electrons. The number of nitrogens with zero attached hydrogens (tertiary/aromatic N) is 2. The van der Waals surface area contributed by atoms with Crippen LogP contribution in [-0.2, 0) is 6.18 Å². The molecule has 0 aliphatic heterocycles. The van der Waals surface area contributed by atoms with Gasteiger partial charge in [-0.05, 0) is 30.7 Å². The number of alkyl halides is 3. The van der Waals surface area contributed by atoms with Crippen molar-refractivity contribution in [2.75, 3.05) is 11.1 Å². The van der Waals surface area contributed by atoms with Gasteiger partial charge in [0.1, 0.15) is 11.6 Å². The highest BCUT2D eigenvalue weighted by Gasteiger charge is 2.33. The third-order valence-electron chi connectivity index (χ3n) is 2.49. The molecule has 1 aromatic carbocycles. The van der Waals surface area contributed by atoms with Gasteiger partial charge in [0.05, 0.1) is 0 Å². The molecule has 3 N–H and O–H groups in total. The molecule has 0 saturated carbocycles. The zero-order valence-electron chi connectivity index (χ0n) is 10.3. The Morgan fingerprint density at radius 1 is 1.15 bits per heavy atom. The Hall–Kier alpha value is -2.38. The molecule has 0 aliphatic rings. The smallest absolute Gasteiger partial charge is 0.368 e. The van der Waals surface area contributed by atoms with Crippen molar-refractivity contribution in [3.8, 4) is 0 Å². The minimum absolute atomic E-state index is 0.112. The van der Waals surface area contributed by atoms with Crippen LogP contribution >= 0.6 is 0 Å². The topological polar surface area (TPSA) is 63.8 Å². The molecule has 106 valence electrons. The van der Waals surface area contributed by atoms with Crippen LogP contribution in [0.1, 0.15) is 11.3 Å². The third-order valence-corrected chi connectivity index (χ3v) is 2.49. The molecule has 0 aliphatic carbocycles. The van der Waals surface area contributed by atoms with Crippen molar-refractivity contribution in [2.24, 2.45) is 0 Å². The molecule has 4 nitrogen and oxygen atoms in total. The predicted octanol–water partition coefficient (Wildman–Crippen LogP) is 3.27. The Balaban J connectivity index is 2.36. The monoisotopic (exact) mass is 286 g/mol. The number of nitrogen functional groups attached to an aromatic ring is 1. The minimum Gasteiger partial charge on any atom is -0.368 e. The number of nitrogens with two attached hydrogens (primary N) is 1. The van der Waals surface area contributed by atoms with Crippen molar-refractivity contribution in [2.45, 2.75) is 13.1 Å². The number of anilines is 3. The number of benzene rings is 1. The van der Waals surface area contributed by atoms with Crippen LogP contribution in [0.5, 0.6) is 0 Å². The summed E-state index contributed by atoms with van der Waals surface area (Å²) in [4.78, 5) is 6.79. The van der Waals surface area contributed by atoms with Gasteiger partial charge in [0.25, 0.3) is 0 Å². The maximum Gasteiger partial charge on any atom is 0.433 e. The van der Waals surface area contributed by atoms with Gasteiger partial charge in [-0.3, -0.25) is 0 Å². The van der Waals surface area contributed by atoms with Crippen LogP contribution < -0.4 is 11.1 Å². The normalized spacial score (nSPS) is 11.4. The lowest BCUT2D eigenvalue weighted by Crippen LogP contribution is -2.12. The van der Waals surface area contributed by atoms with Crippen molar-refractivity contribution < 1.29 is 17.6 Å². The fraction of sp³-hybridized carbons (Fsp3) is 0.167. The summed E-state index contributed by atoms with van der Waals surface area (Å²) in [7, 11) is 0. The van der Waals surface area contributed by atoms with Crippen LogP contribution in [0.2, 0.25) is 0 Å². The van der Waals surface area contributed by atoms with E-state index in [2.05, 4.69) is 15.3 Å². The highest BCUT2D eigenvalue weighted by molar-refractivity contribution is 5.61. The maximum absolute atomic E-state index is 12.9. The first-order valence-electron chi connectivity index (χ1n) is 5.50. The van der Waals surface area contributed by atoms with Gasteiger partial charge in [-0.25, -0.2) is 9.37 Å². The highest BCUT2D eigenvalue weighted by Crippen LogP contribution is 2.30. The predicted molar refractivity (Wildman–Crippen MR) is 65.9 cm³/mol. The Morgan fingerprint density at radius 3 is 2.45 bits per heavy atom. The molecule has 20 heavy (non-hydrogen) atoms. The van der Waals surface area contributed by atoms with Gasteiger partial charge in [0.15, 0.2) is 5.69 Å². The summed E-state index contributed by atoms with van der Waals surface area (Å²) < 4.78 is 50.7. The first-order valence-corrected chi connectivity index (χ1v) is 5.50.